The van der Waals surface area contributed by atoms with E-state index in [4.69, 9.17) is 9.72 Å². The number of nitrogens with zero attached hydrogens (tertiary/aromatic N) is 3. The van der Waals surface area contributed by atoms with E-state index in [9.17, 15) is 13.2 Å². The van der Waals surface area contributed by atoms with Crippen LogP contribution in [0.15, 0.2) is 23.1 Å². The first-order valence-corrected chi connectivity index (χ1v) is 12.2. The third-order valence-electron chi connectivity index (χ3n) is 5.37. The average molecular weight is 437 g/mol. The maximum absolute atomic E-state index is 12.9. The summed E-state index contributed by atoms with van der Waals surface area (Å²) in [6.45, 7) is 5.24. The summed E-state index contributed by atoms with van der Waals surface area (Å²) in [6, 6.07) is 5.19. The van der Waals surface area contributed by atoms with Crippen molar-refractivity contribution in [2.75, 3.05) is 33.4 Å². The summed E-state index contributed by atoms with van der Waals surface area (Å²) in [5.74, 6) is 0.799. The van der Waals surface area contributed by atoms with Gasteiger partial charge in [-0.3, -0.25) is 4.79 Å². The molecule has 1 aliphatic heterocycles. The van der Waals surface area contributed by atoms with Crippen molar-refractivity contribution >= 4 is 27.0 Å². The van der Waals surface area contributed by atoms with Crippen molar-refractivity contribution in [3.8, 4) is 0 Å². The lowest BCUT2D eigenvalue weighted by Crippen LogP contribution is -2.27. The predicted molar refractivity (Wildman–Crippen MR) is 116 cm³/mol. The fraction of sp³-hybridized carbons (Fsp3) is 0.619. The summed E-state index contributed by atoms with van der Waals surface area (Å²) in [5, 5.41) is 2.89. The predicted octanol–water partition coefficient (Wildman–Crippen LogP) is 2.32. The summed E-state index contributed by atoms with van der Waals surface area (Å²) in [5.41, 5.74) is 1.58. The number of hydrogen-bond acceptors (Lipinski definition) is 5. The Morgan fingerprint density at radius 2 is 2.03 bits per heavy atom. The lowest BCUT2D eigenvalue weighted by atomic mass is 10.2. The molecule has 0 radical (unpaired) electrons. The molecule has 0 bridgehead atoms. The van der Waals surface area contributed by atoms with Crippen molar-refractivity contribution < 1.29 is 17.9 Å². The second kappa shape index (κ2) is 10.4. The zero-order valence-electron chi connectivity index (χ0n) is 17.9. The van der Waals surface area contributed by atoms with Gasteiger partial charge in [-0.2, -0.15) is 4.31 Å². The highest BCUT2D eigenvalue weighted by atomic mass is 32.2. The maximum atomic E-state index is 12.9. The Labute approximate surface area is 178 Å². The number of imidazole rings is 1. The first kappa shape index (κ1) is 22.7. The summed E-state index contributed by atoms with van der Waals surface area (Å²) >= 11 is 0. The highest BCUT2D eigenvalue weighted by Crippen LogP contribution is 2.25. The number of aryl methyl sites for hydroxylation is 2. The molecule has 1 amide bonds. The van der Waals surface area contributed by atoms with Crippen LogP contribution in [-0.2, 0) is 32.5 Å². The number of carbonyl (C=O) groups is 1. The van der Waals surface area contributed by atoms with Gasteiger partial charge in [0.25, 0.3) is 0 Å². The lowest BCUT2D eigenvalue weighted by Gasteiger charge is -2.15. The fourth-order valence-electron chi connectivity index (χ4n) is 3.82. The highest BCUT2D eigenvalue weighted by molar-refractivity contribution is 7.89. The minimum Gasteiger partial charge on any atom is -0.385 e. The largest absolute Gasteiger partial charge is 0.385 e. The molecule has 1 N–H and O–H groups in total. The van der Waals surface area contributed by atoms with Gasteiger partial charge in [-0.25, -0.2) is 13.4 Å². The summed E-state index contributed by atoms with van der Waals surface area (Å²) in [4.78, 5) is 17.1. The Morgan fingerprint density at radius 1 is 1.27 bits per heavy atom. The minimum absolute atomic E-state index is 0.0153. The van der Waals surface area contributed by atoms with Crippen LogP contribution < -0.4 is 5.32 Å². The van der Waals surface area contributed by atoms with Crippen LogP contribution in [0.4, 0.5) is 0 Å². The van der Waals surface area contributed by atoms with Crippen LogP contribution >= 0.6 is 0 Å². The van der Waals surface area contributed by atoms with Gasteiger partial charge in [-0.05, 0) is 43.9 Å². The Hall–Kier alpha value is -1.97. The highest BCUT2D eigenvalue weighted by Gasteiger charge is 2.27. The van der Waals surface area contributed by atoms with E-state index in [1.807, 2.05) is 6.07 Å². The van der Waals surface area contributed by atoms with Crippen LogP contribution in [0.25, 0.3) is 11.0 Å². The van der Waals surface area contributed by atoms with E-state index in [0.717, 1.165) is 43.6 Å². The van der Waals surface area contributed by atoms with E-state index < -0.39 is 10.0 Å². The molecule has 0 spiro atoms. The molecule has 8 nitrogen and oxygen atoms in total. The Morgan fingerprint density at radius 3 is 2.73 bits per heavy atom. The molecule has 0 aliphatic carbocycles. The average Bonchev–Trinajstić information content (AvgIpc) is 3.39. The topological polar surface area (TPSA) is 93.5 Å². The van der Waals surface area contributed by atoms with Crippen LogP contribution in [-0.4, -0.2) is 61.5 Å². The van der Waals surface area contributed by atoms with Gasteiger partial charge in [0.2, 0.25) is 15.9 Å². The number of carbonyl (C=O) groups excluding carboxylic acids is 1. The molecule has 166 valence electrons. The molecule has 2 aromatic rings. The minimum atomic E-state index is -3.48. The summed E-state index contributed by atoms with van der Waals surface area (Å²) in [7, 11) is -1.84. The molecular formula is C21H32N4O4S. The van der Waals surface area contributed by atoms with E-state index in [-0.39, 0.29) is 5.91 Å². The number of aromatic nitrogens is 2. The zero-order valence-corrected chi connectivity index (χ0v) is 18.7. The third kappa shape index (κ3) is 5.19. The number of sulfonamides is 1. The maximum Gasteiger partial charge on any atom is 0.243 e. The number of fused-ring (bicyclic) bond motifs is 1. The van der Waals surface area contributed by atoms with E-state index >= 15 is 0 Å². The number of methoxy groups -OCH3 is 1. The SMILES string of the molecule is CCCn1c(CCC(=O)NCCCOC)nc2cc(S(=O)(=O)N3CCCC3)ccc21. The van der Waals surface area contributed by atoms with Gasteiger partial charge in [-0.1, -0.05) is 6.92 Å². The van der Waals surface area contributed by atoms with Crippen molar-refractivity contribution in [2.45, 2.75) is 56.9 Å². The van der Waals surface area contributed by atoms with Gasteiger partial charge in [0, 0.05) is 52.7 Å². The number of ether oxygens (including phenoxy) is 1. The Kier molecular flexibility index (Phi) is 7.85. The van der Waals surface area contributed by atoms with Gasteiger partial charge in [0.15, 0.2) is 0 Å². The second-order valence-electron chi connectivity index (χ2n) is 7.64. The van der Waals surface area contributed by atoms with E-state index in [2.05, 4.69) is 16.8 Å². The van der Waals surface area contributed by atoms with Crippen LogP contribution in [0.2, 0.25) is 0 Å². The van der Waals surface area contributed by atoms with Crippen molar-refractivity contribution in [3.63, 3.8) is 0 Å². The van der Waals surface area contributed by atoms with Crippen LogP contribution in [0.5, 0.6) is 0 Å². The molecule has 1 aliphatic rings. The smallest absolute Gasteiger partial charge is 0.243 e. The summed E-state index contributed by atoms with van der Waals surface area (Å²) < 4.78 is 34.4. The van der Waals surface area contributed by atoms with Gasteiger partial charge in [-0.15, -0.1) is 0 Å². The number of nitrogens with one attached hydrogen (secondary N) is 1. The molecule has 3 rings (SSSR count). The van der Waals surface area contributed by atoms with Gasteiger partial charge in [0.05, 0.1) is 15.9 Å². The molecular weight excluding hydrogens is 404 g/mol. The lowest BCUT2D eigenvalue weighted by molar-refractivity contribution is -0.121. The quantitative estimate of drug-likeness (QED) is 0.546. The molecule has 1 aromatic heterocycles. The third-order valence-corrected chi connectivity index (χ3v) is 7.27. The normalized spacial score (nSPS) is 15.1. The van der Waals surface area contributed by atoms with Crippen molar-refractivity contribution in [1.82, 2.24) is 19.2 Å². The number of benzene rings is 1. The van der Waals surface area contributed by atoms with Gasteiger partial charge in [0.1, 0.15) is 5.82 Å². The molecule has 0 unspecified atom stereocenters. The molecule has 2 heterocycles. The molecule has 0 atom stereocenters. The van der Waals surface area contributed by atoms with Crippen molar-refractivity contribution in [1.29, 1.82) is 0 Å². The molecule has 1 fully saturated rings. The first-order chi connectivity index (χ1) is 14.5. The zero-order chi connectivity index (χ0) is 21.6. The number of hydrogen-bond donors (Lipinski definition) is 1. The second-order valence-corrected chi connectivity index (χ2v) is 9.58. The Bertz CT molecular complexity index is 965. The van der Waals surface area contributed by atoms with Crippen LogP contribution in [0, 0.1) is 0 Å². The van der Waals surface area contributed by atoms with Crippen molar-refractivity contribution in [2.24, 2.45) is 0 Å². The van der Waals surface area contributed by atoms with Gasteiger partial charge < -0.3 is 14.6 Å². The number of amides is 1. The monoisotopic (exact) mass is 436 g/mol. The molecule has 9 heteroatoms. The van der Waals surface area contributed by atoms with Crippen LogP contribution in [0.3, 0.4) is 0 Å². The summed E-state index contributed by atoms with van der Waals surface area (Å²) in [6.07, 6.45) is 4.38. The molecule has 30 heavy (non-hydrogen) atoms. The van der Waals surface area contributed by atoms with Crippen LogP contribution in [0.1, 0.15) is 44.9 Å². The standard InChI is InChI=1S/C21H32N4O4S/c1-3-12-25-19-8-7-17(30(27,28)24-13-4-5-14-24)16-18(19)23-20(25)9-10-21(26)22-11-6-15-29-2/h7-8,16H,3-6,9-15H2,1-2H3,(H,22,26). The first-order valence-electron chi connectivity index (χ1n) is 10.7. The Balaban J connectivity index is 1.77. The molecule has 1 saturated heterocycles. The molecule has 1 aromatic carbocycles. The van der Waals surface area contributed by atoms with Crippen molar-refractivity contribution in [3.05, 3.63) is 24.0 Å². The fourth-order valence-corrected chi connectivity index (χ4v) is 5.36. The van der Waals surface area contributed by atoms with E-state index in [1.54, 1.807) is 23.5 Å². The van der Waals surface area contributed by atoms with E-state index in [1.165, 1.54) is 0 Å². The number of rotatable bonds is 11. The van der Waals surface area contributed by atoms with E-state index in [0.29, 0.717) is 49.5 Å². The van der Waals surface area contributed by atoms with Gasteiger partial charge >= 0.3 is 0 Å². The molecule has 0 saturated carbocycles.